The Labute approximate surface area is 289 Å². The molecule has 0 radical (unpaired) electrons. The van der Waals surface area contributed by atoms with Gasteiger partial charge in [-0.05, 0) is 83.5 Å². The van der Waals surface area contributed by atoms with Crippen molar-refractivity contribution in [3.63, 3.8) is 0 Å². The highest BCUT2D eigenvalue weighted by atomic mass is 19.4. The fraction of sp³-hybridized carbons (Fsp3) is 0.350. The minimum Gasteiger partial charge on any atom is -0.369 e. The molecule has 1 saturated heterocycles. The van der Waals surface area contributed by atoms with Gasteiger partial charge in [-0.25, -0.2) is 4.39 Å². The van der Waals surface area contributed by atoms with Crippen LogP contribution in [0.1, 0.15) is 51.9 Å². The molecule has 10 heteroatoms. The molecule has 4 aromatic rings. The number of piperazine rings is 1. The molecule has 260 valence electrons. The van der Waals surface area contributed by atoms with Crippen molar-refractivity contribution in [3.05, 3.63) is 125 Å². The van der Waals surface area contributed by atoms with Gasteiger partial charge < -0.3 is 15.1 Å². The first-order chi connectivity index (χ1) is 24.1. The number of carbonyl (C=O) groups excluding carboxylic acids is 2. The van der Waals surface area contributed by atoms with E-state index in [1.165, 1.54) is 12.1 Å². The van der Waals surface area contributed by atoms with Crippen LogP contribution >= 0.6 is 0 Å². The van der Waals surface area contributed by atoms with E-state index in [1.54, 1.807) is 11.0 Å². The molecule has 0 atom stereocenters. The first-order valence-electron chi connectivity index (χ1n) is 17.3. The number of rotatable bonds is 10. The minimum atomic E-state index is -4.50. The van der Waals surface area contributed by atoms with Crippen LogP contribution in [0.3, 0.4) is 0 Å². The van der Waals surface area contributed by atoms with E-state index in [-0.39, 0.29) is 11.7 Å². The van der Waals surface area contributed by atoms with Gasteiger partial charge in [0.2, 0.25) is 5.91 Å². The Morgan fingerprint density at radius 2 is 1.48 bits per heavy atom. The molecule has 1 aliphatic carbocycles. The lowest BCUT2D eigenvalue weighted by Gasteiger charge is -2.37. The van der Waals surface area contributed by atoms with Crippen molar-refractivity contribution in [1.82, 2.24) is 15.1 Å². The highest BCUT2D eigenvalue weighted by Crippen LogP contribution is 2.51. The van der Waals surface area contributed by atoms with Gasteiger partial charge >= 0.3 is 6.18 Å². The molecule has 3 aliphatic rings. The summed E-state index contributed by atoms with van der Waals surface area (Å²) in [6.45, 7) is 3.67. The maximum absolute atomic E-state index is 13.8. The summed E-state index contributed by atoms with van der Waals surface area (Å²) in [4.78, 5) is 33.7. The van der Waals surface area contributed by atoms with Gasteiger partial charge in [0, 0.05) is 50.5 Å². The molecule has 0 unspecified atom stereocenters. The lowest BCUT2D eigenvalue weighted by Crippen LogP contribution is -2.47. The molecule has 1 fully saturated rings. The topological polar surface area (TPSA) is 55.9 Å². The molecule has 50 heavy (non-hydrogen) atoms. The summed E-state index contributed by atoms with van der Waals surface area (Å²) in [5.41, 5.74) is 5.63. The highest BCUT2D eigenvalue weighted by molar-refractivity contribution is 6.00. The molecule has 0 aromatic heterocycles. The number of unbranched alkanes of at least 4 members (excludes halogenated alkanes) is 1. The summed E-state index contributed by atoms with van der Waals surface area (Å²) in [7, 11) is 0. The Morgan fingerprint density at radius 3 is 2.16 bits per heavy atom. The number of nitrogens with zero attached hydrogens (tertiary/aromatic N) is 3. The highest BCUT2D eigenvalue weighted by Gasteiger charge is 2.49. The minimum absolute atomic E-state index is 0.0339. The van der Waals surface area contributed by atoms with Crippen LogP contribution in [0.5, 0.6) is 0 Å². The van der Waals surface area contributed by atoms with E-state index >= 15 is 0 Å². The van der Waals surface area contributed by atoms with E-state index in [1.807, 2.05) is 60.7 Å². The molecule has 1 N–H and O–H groups in total. The van der Waals surface area contributed by atoms with Gasteiger partial charge in [0.05, 0.1) is 0 Å². The van der Waals surface area contributed by atoms with Gasteiger partial charge in [0.1, 0.15) is 17.8 Å². The molecule has 0 bridgehead atoms. The number of nitrogens with one attached hydrogen (secondary N) is 1. The summed E-state index contributed by atoms with van der Waals surface area (Å²) >= 11 is 0. The van der Waals surface area contributed by atoms with Crippen molar-refractivity contribution in [2.24, 2.45) is 0 Å². The van der Waals surface area contributed by atoms with Crippen molar-refractivity contribution < 1.29 is 27.2 Å². The lowest BCUT2D eigenvalue weighted by atomic mass is 9.73. The Morgan fingerprint density at radius 1 is 0.780 bits per heavy atom. The zero-order valence-corrected chi connectivity index (χ0v) is 27.8. The third-order valence-corrected chi connectivity index (χ3v) is 10.4. The van der Waals surface area contributed by atoms with Gasteiger partial charge in [-0.2, -0.15) is 13.2 Å². The van der Waals surface area contributed by atoms with Crippen molar-refractivity contribution in [3.8, 4) is 11.1 Å². The summed E-state index contributed by atoms with van der Waals surface area (Å²) in [6.07, 6.45) is -1.87. The Balaban J connectivity index is 0.970. The van der Waals surface area contributed by atoms with E-state index in [0.29, 0.717) is 31.5 Å². The number of halogens is 4. The zero-order valence-electron chi connectivity index (χ0n) is 27.8. The second-order valence-corrected chi connectivity index (χ2v) is 13.5. The second-order valence-electron chi connectivity index (χ2n) is 13.5. The molecule has 2 aliphatic heterocycles. The molecule has 7 rings (SSSR count). The van der Waals surface area contributed by atoms with Gasteiger partial charge in [-0.1, -0.05) is 73.2 Å². The van der Waals surface area contributed by atoms with Crippen LogP contribution in [0.25, 0.3) is 11.1 Å². The molecular weight excluding hydrogens is 644 g/mol. The molecular formula is C40H40F4N4O2. The Hall–Kier alpha value is -4.70. The van der Waals surface area contributed by atoms with Crippen LogP contribution in [-0.4, -0.2) is 73.6 Å². The van der Waals surface area contributed by atoms with Crippen LogP contribution in [0.2, 0.25) is 0 Å². The fourth-order valence-electron chi connectivity index (χ4n) is 7.95. The smallest absolute Gasteiger partial charge is 0.369 e. The first kappa shape index (κ1) is 33.8. The normalized spacial score (nSPS) is 16.9. The monoisotopic (exact) mass is 684 g/mol. The third kappa shape index (κ3) is 6.73. The van der Waals surface area contributed by atoms with E-state index in [4.69, 9.17) is 0 Å². The number of alkyl halides is 3. The average Bonchev–Trinajstić information content (AvgIpc) is 3.41. The quantitative estimate of drug-likeness (QED) is 0.145. The van der Waals surface area contributed by atoms with Gasteiger partial charge in [0.15, 0.2) is 0 Å². The third-order valence-electron chi connectivity index (χ3n) is 10.4. The standard InChI is InChI=1S/C40H40F4N4O2/c41-30-9-7-8-28(24-30)26-48-19-16-29-14-15-31(25-34(29)37(48)49)47-22-20-46(21-23-47)18-6-5-17-39(38(50)45-27-40(42,43)44)35-12-3-1-10-32(35)33-11-2-4-13-36(33)39/h1-4,7-15,24-25H,5-6,16-23,26-27H2,(H,45,50). The van der Waals surface area contributed by atoms with Gasteiger partial charge in [-0.15, -0.1) is 0 Å². The van der Waals surface area contributed by atoms with Crippen molar-refractivity contribution in [1.29, 1.82) is 0 Å². The van der Waals surface area contributed by atoms with E-state index in [2.05, 4.69) is 27.2 Å². The number of fused-ring (bicyclic) bond motifs is 4. The lowest BCUT2D eigenvalue weighted by molar-refractivity contribution is -0.141. The molecule has 4 aromatic carbocycles. The molecule has 6 nitrogen and oxygen atoms in total. The molecule has 2 amide bonds. The second kappa shape index (κ2) is 13.9. The number of hydrogen-bond donors (Lipinski definition) is 1. The van der Waals surface area contributed by atoms with Crippen LogP contribution in [0.4, 0.5) is 23.2 Å². The van der Waals surface area contributed by atoms with Gasteiger partial charge in [0.25, 0.3) is 5.91 Å². The average molecular weight is 685 g/mol. The summed E-state index contributed by atoms with van der Waals surface area (Å²) < 4.78 is 53.4. The Kier molecular flexibility index (Phi) is 9.39. The SMILES string of the molecule is O=C1c2cc(N3CCN(CCCCC4(C(=O)NCC(F)(F)F)c5ccccc5-c5ccccc54)CC3)ccc2CCN1Cc1cccc(F)c1. The summed E-state index contributed by atoms with van der Waals surface area (Å²) in [5.74, 6) is -0.954. The zero-order chi connectivity index (χ0) is 34.9. The van der Waals surface area contributed by atoms with Crippen LogP contribution in [0.15, 0.2) is 91.0 Å². The maximum atomic E-state index is 13.8. The fourth-order valence-corrected chi connectivity index (χ4v) is 7.95. The predicted octanol–water partition coefficient (Wildman–Crippen LogP) is 6.96. The van der Waals surface area contributed by atoms with Crippen molar-refractivity contribution >= 4 is 17.5 Å². The summed E-state index contributed by atoms with van der Waals surface area (Å²) in [5, 5.41) is 2.22. The number of hydrogen-bond acceptors (Lipinski definition) is 4. The predicted molar refractivity (Wildman–Crippen MR) is 186 cm³/mol. The molecule has 0 spiro atoms. The van der Waals surface area contributed by atoms with Crippen LogP contribution in [-0.2, 0) is 23.2 Å². The number of carbonyl (C=O) groups is 2. The molecule has 2 heterocycles. The van der Waals surface area contributed by atoms with E-state index < -0.39 is 24.0 Å². The summed E-state index contributed by atoms with van der Waals surface area (Å²) in [6, 6.07) is 27.6. The molecule has 0 saturated carbocycles. The van der Waals surface area contributed by atoms with Crippen molar-refractivity contribution in [2.45, 2.75) is 43.8 Å². The van der Waals surface area contributed by atoms with Crippen LogP contribution in [0, 0.1) is 5.82 Å². The van der Waals surface area contributed by atoms with Crippen LogP contribution < -0.4 is 10.2 Å². The maximum Gasteiger partial charge on any atom is 0.405 e. The number of anilines is 1. The van der Waals surface area contributed by atoms with Crippen molar-refractivity contribution in [2.75, 3.05) is 50.7 Å². The number of benzene rings is 4. The number of amides is 2. The van der Waals surface area contributed by atoms with Gasteiger partial charge in [-0.3, -0.25) is 14.5 Å². The largest absolute Gasteiger partial charge is 0.405 e. The van der Waals surface area contributed by atoms with E-state index in [9.17, 15) is 27.2 Å². The first-order valence-corrected chi connectivity index (χ1v) is 17.3. The Bertz CT molecular complexity index is 1840. The van der Waals surface area contributed by atoms with E-state index in [0.717, 1.165) is 84.6 Å².